The highest BCUT2D eigenvalue weighted by atomic mass is 15.0. The average molecular weight is 229 g/mol. The van der Waals surface area contributed by atoms with E-state index in [-0.39, 0.29) is 0 Å². The van der Waals surface area contributed by atoms with Crippen molar-refractivity contribution in [3.63, 3.8) is 0 Å². The molecular formula is C14H19N3. The molecule has 3 heterocycles. The van der Waals surface area contributed by atoms with Crippen LogP contribution in [-0.2, 0) is 0 Å². The van der Waals surface area contributed by atoms with E-state index in [1.807, 2.05) is 0 Å². The lowest BCUT2D eigenvalue weighted by Gasteiger charge is -2.04. The van der Waals surface area contributed by atoms with Gasteiger partial charge in [0.05, 0.1) is 11.2 Å². The van der Waals surface area contributed by atoms with E-state index in [1.165, 1.54) is 23.5 Å². The second-order valence-electron chi connectivity index (χ2n) is 5.16. The van der Waals surface area contributed by atoms with Gasteiger partial charge in [0.25, 0.3) is 0 Å². The summed E-state index contributed by atoms with van der Waals surface area (Å²) in [6, 6.07) is 6.37. The molecule has 1 atom stereocenters. The fourth-order valence-electron chi connectivity index (χ4n) is 2.68. The maximum absolute atomic E-state index is 4.89. The smallest absolute Gasteiger partial charge is 0.116 e. The summed E-state index contributed by atoms with van der Waals surface area (Å²) in [5.41, 5.74) is 2.56. The third-order valence-electron chi connectivity index (χ3n) is 3.57. The quantitative estimate of drug-likeness (QED) is 0.857. The molecule has 3 nitrogen and oxygen atoms in total. The lowest BCUT2D eigenvalue weighted by Crippen LogP contribution is -2.08. The van der Waals surface area contributed by atoms with E-state index in [0.717, 1.165) is 13.1 Å². The molecule has 1 fully saturated rings. The van der Waals surface area contributed by atoms with Crippen LogP contribution in [0.4, 0.5) is 0 Å². The molecule has 1 unspecified atom stereocenters. The number of fused-ring (bicyclic) bond motifs is 1. The zero-order valence-electron chi connectivity index (χ0n) is 10.5. The van der Waals surface area contributed by atoms with Crippen molar-refractivity contribution in [1.29, 1.82) is 0 Å². The molecule has 2 aromatic rings. The number of imidazole rings is 1. The van der Waals surface area contributed by atoms with Crippen LogP contribution < -0.4 is 5.32 Å². The van der Waals surface area contributed by atoms with E-state index < -0.39 is 0 Å². The second-order valence-corrected chi connectivity index (χ2v) is 5.16. The minimum absolute atomic E-state index is 0.466. The van der Waals surface area contributed by atoms with E-state index in [2.05, 4.69) is 48.0 Å². The molecule has 0 amide bonds. The Kier molecular flexibility index (Phi) is 2.63. The fraction of sp³-hybridized carbons (Fsp3) is 0.500. The predicted molar refractivity (Wildman–Crippen MR) is 69.5 cm³/mol. The normalized spacial score (nSPS) is 20.5. The van der Waals surface area contributed by atoms with Crippen LogP contribution in [0.3, 0.4) is 0 Å². The summed E-state index contributed by atoms with van der Waals surface area (Å²) >= 11 is 0. The summed E-state index contributed by atoms with van der Waals surface area (Å²) in [5, 5.41) is 3.42. The van der Waals surface area contributed by atoms with Gasteiger partial charge in [-0.1, -0.05) is 19.9 Å². The second kappa shape index (κ2) is 4.15. The molecule has 1 saturated heterocycles. The number of nitrogens with one attached hydrogen (secondary N) is 1. The fourth-order valence-corrected chi connectivity index (χ4v) is 2.68. The lowest BCUT2D eigenvalue weighted by molar-refractivity contribution is 0.724. The Balaban J connectivity index is 2.17. The zero-order chi connectivity index (χ0) is 11.8. The molecule has 1 aliphatic heterocycles. The van der Waals surface area contributed by atoms with Crippen molar-refractivity contribution in [2.45, 2.75) is 32.1 Å². The molecule has 2 aromatic heterocycles. The van der Waals surface area contributed by atoms with Crippen molar-refractivity contribution in [3.05, 3.63) is 35.9 Å². The highest BCUT2D eigenvalue weighted by Crippen LogP contribution is 2.28. The molecule has 0 bridgehead atoms. The number of nitrogens with zero attached hydrogens (tertiary/aromatic N) is 2. The van der Waals surface area contributed by atoms with Crippen molar-refractivity contribution in [2.24, 2.45) is 0 Å². The standard InChI is InChI=1S/C14H19N3/c1-10(2)14-16-13(11-6-7-15-9-11)12-5-3-4-8-17(12)14/h3-5,8,10-11,15H,6-7,9H2,1-2H3. The van der Waals surface area contributed by atoms with E-state index in [9.17, 15) is 0 Å². The summed E-state index contributed by atoms with van der Waals surface area (Å²) in [6.45, 7) is 6.60. The van der Waals surface area contributed by atoms with Crippen molar-refractivity contribution in [2.75, 3.05) is 13.1 Å². The molecule has 17 heavy (non-hydrogen) atoms. The van der Waals surface area contributed by atoms with Crippen LogP contribution in [0.15, 0.2) is 24.4 Å². The summed E-state index contributed by atoms with van der Waals surface area (Å²) in [6.07, 6.45) is 3.34. The Labute approximate surface area is 102 Å². The maximum Gasteiger partial charge on any atom is 0.116 e. The van der Waals surface area contributed by atoms with Gasteiger partial charge in [-0.05, 0) is 25.1 Å². The molecule has 0 aromatic carbocycles. The monoisotopic (exact) mass is 229 g/mol. The van der Waals surface area contributed by atoms with E-state index in [1.54, 1.807) is 0 Å². The summed E-state index contributed by atoms with van der Waals surface area (Å²) in [5.74, 6) is 2.23. The Morgan fingerprint density at radius 3 is 3.00 bits per heavy atom. The summed E-state index contributed by atoms with van der Waals surface area (Å²) < 4.78 is 2.25. The summed E-state index contributed by atoms with van der Waals surface area (Å²) in [7, 11) is 0. The number of rotatable bonds is 2. The molecule has 3 heteroatoms. The average Bonchev–Trinajstić information content (AvgIpc) is 2.95. The van der Waals surface area contributed by atoms with Gasteiger partial charge < -0.3 is 9.72 Å². The Morgan fingerprint density at radius 1 is 1.41 bits per heavy atom. The first-order valence-corrected chi connectivity index (χ1v) is 6.45. The predicted octanol–water partition coefficient (Wildman–Crippen LogP) is 2.53. The van der Waals surface area contributed by atoms with Crippen LogP contribution in [0.1, 0.15) is 43.6 Å². The van der Waals surface area contributed by atoms with Gasteiger partial charge in [-0.15, -0.1) is 0 Å². The number of pyridine rings is 1. The van der Waals surface area contributed by atoms with Crippen LogP contribution >= 0.6 is 0 Å². The highest BCUT2D eigenvalue weighted by Gasteiger charge is 2.23. The molecule has 0 spiro atoms. The lowest BCUT2D eigenvalue weighted by atomic mass is 10.0. The van der Waals surface area contributed by atoms with Gasteiger partial charge in [0.2, 0.25) is 0 Å². The van der Waals surface area contributed by atoms with E-state index >= 15 is 0 Å². The highest BCUT2D eigenvalue weighted by molar-refractivity contribution is 5.55. The Hall–Kier alpha value is -1.35. The molecule has 0 radical (unpaired) electrons. The first-order chi connectivity index (χ1) is 8.27. The van der Waals surface area contributed by atoms with Gasteiger partial charge in [0, 0.05) is 24.6 Å². The number of hydrogen-bond acceptors (Lipinski definition) is 2. The molecule has 0 aliphatic carbocycles. The van der Waals surface area contributed by atoms with Crippen LogP contribution in [0.25, 0.3) is 5.52 Å². The van der Waals surface area contributed by atoms with Gasteiger partial charge >= 0.3 is 0 Å². The topological polar surface area (TPSA) is 29.3 Å². The zero-order valence-corrected chi connectivity index (χ0v) is 10.5. The Bertz CT molecular complexity index is 521. The molecule has 3 rings (SSSR count). The van der Waals surface area contributed by atoms with Crippen LogP contribution in [0, 0.1) is 0 Å². The molecule has 90 valence electrons. The first kappa shape index (κ1) is 10.8. The van der Waals surface area contributed by atoms with Crippen molar-refractivity contribution < 1.29 is 0 Å². The maximum atomic E-state index is 4.89. The molecule has 1 N–H and O–H groups in total. The molecular weight excluding hydrogens is 210 g/mol. The van der Waals surface area contributed by atoms with Gasteiger partial charge in [-0.3, -0.25) is 0 Å². The van der Waals surface area contributed by atoms with Crippen molar-refractivity contribution in [3.8, 4) is 0 Å². The van der Waals surface area contributed by atoms with Gasteiger partial charge in [-0.2, -0.15) is 0 Å². The minimum atomic E-state index is 0.466. The minimum Gasteiger partial charge on any atom is -0.316 e. The van der Waals surface area contributed by atoms with E-state index in [4.69, 9.17) is 4.98 Å². The largest absolute Gasteiger partial charge is 0.316 e. The van der Waals surface area contributed by atoms with Crippen molar-refractivity contribution >= 4 is 5.52 Å². The van der Waals surface area contributed by atoms with Crippen LogP contribution in [-0.4, -0.2) is 22.5 Å². The Morgan fingerprint density at radius 2 is 2.29 bits per heavy atom. The van der Waals surface area contributed by atoms with Gasteiger partial charge in [0.1, 0.15) is 5.82 Å². The third kappa shape index (κ3) is 1.75. The van der Waals surface area contributed by atoms with Gasteiger partial charge in [-0.25, -0.2) is 4.98 Å². The molecule has 0 saturated carbocycles. The summed E-state index contributed by atoms with van der Waals surface area (Å²) in [4.78, 5) is 4.89. The van der Waals surface area contributed by atoms with Crippen LogP contribution in [0.5, 0.6) is 0 Å². The third-order valence-corrected chi connectivity index (χ3v) is 3.57. The van der Waals surface area contributed by atoms with Crippen molar-refractivity contribution in [1.82, 2.24) is 14.7 Å². The molecule has 1 aliphatic rings. The first-order valence-electron chi connectivity index (χ1n) is 6.45. The number of aromatic nitrogens is 2. The van der Waals surface area contributed by atoms with E-state index in [0.29, 0.717) is 11.8 Å². The SMILES string of the molecule is CC(C)c1nc(C2CCNC2)c2ccccn12. The van der Waals surface area contributed by atoms with Crippen LogP contribution in [0.2, 0.25) is 0 Å². The number of hydrogen-bond donors (Lipinski definition) is 1. The van der Waals surface area contributed by atoms with Gasteiger partial charge in [0.15, 0.2) is 0 Å².